The molecule has 174 valence electrons. The number of hydroxylamine groups is 2. The molecule has 0 aliphatic carbocycles. The number of alkyl halides is 6. The Bertz CT molecular complexity index is 975. The zero-order chi connectivity index (χ0) is 23.7. The van der Waals surface area contributed by atoms with E-state index < -0.39 is 36.1 Å². The summed E-state index contributed by atoms with van der Waals surface area (Å²) >= 11 is 5.97. The molecule has 2 aromatic carbocycles. The van der Waals surface area contributed by atoms with E-state index in [-0.39, 0.29) is 35.2 Å². The van der Waals surface area contributed by atoms with E-state index in [1.165, 1.54) is 30.3 Å². The number of benzene rings is 2. The van der Waals surface area contributed by atoms with Gasteiger partial charge in [0, 0.05) is 11.1 Å². The third-order valence-electron chi connectivity index (χ3n) is 4.44. The topological polar surface area (TPSA) is 48.0 Å². The Hall–Kier alpha value is -2.66. The molecule has 0 spiro atoms. The van der Waals surface area contributed by atoms with Gasteiger partial charge in [-0.15, -0.1) is 5.06 Å². The molecule has 0 radical (unpaired) electrons. The van der Waals surface area contributed by atoms with Crippen LogP contribution >= 0.6 is 11.6 Å². The minimum atomic E-state index is -5.11. The van der Waals surface area contributed by atoms with Gasteiger partial charge in [-0.25, -0.2) is 4.79 Å². The largest absolute Gasteiger partial charge is 0.492 e. The number of halogens is 7. The SMILES string of the molecule is C[C@H](Oc1ccc(Cl)cc1OC1CN(OC(=O)C(F)(F)F)C1)c1cccc(C(F)(F)F)c1. The van der Waals surface area contributed by atoms with Gasteiger partial charge in [-0.05, 0) is 36.8 Å². The minimum absolute atomic E-state index is 0.128. The standard InChI is InChI=1S/C20H16ClF6NO4/c1-11(12-3-2-4-13(7-12)19(22,23)24)30-16-6-5-14(21)8-17(16)31-15-9-28(10-15)32-18(29)20(25,26)27/h2-8,11,15H,9-10H2,1H3/t11-/m0/s1. The summed E-state index contributed by atoms with van der Waals surface area (Å²) in [5.41, 5.74) is -0.546. The Morgan fingerprint density at radius 2 is 1.75 bits per heavy atom. The Morgan fingerprint density at radius 1 is 1.06 bits per heavy atom. The quantitative estimate of drug-likeness (QED) is 0.502. The van der Waals surface area contributed by atoms with Crippen LogP contribution in [0.15, 0.2) is 42.5 Å². The molecule has 1 fully saturated rings. The van der Waals surface area contributed by atoms with Crippen molar-refractivity contribution in [1.29, 1.82) is 0 Å². The molecule has 5 nitrogen and oxygen atoms in total. The number of rotatable bonds is 6. The second-order valence-electron chi connectivity index (χ2n) is 6.94. The molecule has 3 rings (SSSR count). The van der Waals surface area contributed by atoms with Crippen molar-refractivity contribution in [2.75, 3.05) is 13.1 Å². The van der Waals surface area contributed by atoms with Crippen LogP contribution in [-0.2, 0) is 15.8 Å². The van der Waals surface area contributed by atoms with E-state index >= 15 is 0 Å². The fourth-order valence-electron chi connectivity index (χ4n) is 2.80. The molecule has 0 unspecified atom stereocenters. The highest BCUT2D eigenvalue weighted by Gasteiger charge is 2.45. The smallest absolute Gasteiger partial charge is 0.484 e. The molecule has 0 saturated carbocycles. The first kappa shape index (κ1) is 24.0. The van der Waals surface area contributed by atoms with Crippen LogP contribution in [0, 0.1) is 0 Å². The second kappa shape index (κ2) is 9.07. The monoisotopic (exact) mass is 483 g/mol. The van der Waals surface area contributed by atoms with Crippen molar-refractivity contribution >= 4 is 17.6 Å². The van der Waals surface area contributed by atoms with Gasteiger partial charge in [0.2, 0.25) is 0 Å². The summed E-state index contributed by atoms with van der Waals surface area (Å²) in [6.07, 6.45) is -11.0. The molecule has 0 aromatic heterocycles. The first-order chi connectivity index (χ1) is 14.8. The summed E-state index contributed by atoms with van der Waals surface area (Å²) in [4.78, 5) is 15.0. The van der Waals surface area contributed by atoms with Gasteiger partial charge >= 0.3 is 18.3 Å². The van der Waals surface area contributed by atoms with Gasteiger partial charge < -0.3 is 14.3 Å². The van der Waals surface area contributed by atoms with E-state index in [1.54, 1.807) is 6.92 Å². The lowest BCUT2D eigenvalue weighted by Crippen LogP contribution is -2.55. The van der Waals surface area contributed by atoms with Gasteiger partial charge in [0.1, 0.15) is 12.2 Å². The van der Waals surface area contributed by atoms with Gasteiger partial charge in [0.05, 0.1) is 18.7 Å². The Kier molecular flexibility index (Phi) is 6.80. The van der Waals surface area contributed by atoms with Crippen molar-refractivity contribution < 1.29 is 45.4 Å². The van der Waals surface area contributed by atoms with Crippen molar-refractivity contribution in [2.45, 2.75) is 31.5 Å². The van der Waals surface area contributed by atoms with Gasteiger partial charge in [-0.2, -0.15) is 26.3 Å². The van der Waals surface area contributed by atoms with E-state index in [0.29, 0.717) is 0 Å². The number of hydrogen-bond donors (Lipinski definition) is 0. The summed E-state index contributed by atoms with van der Waals surface area (Å²) in [5, 5.41) is 1.07. The summed E-state index contributed by atoms with van der Waals surface area (Å²) in [5.74, 6) is -2.02. The van der Waals surface area contributed by atoms with Crippen LogP contribution in [0.5, 0.6) is 11.5 Å². The molecule has 1 atom stereocenters. The lowest BCUT2D eigenvalue weighted by molar-refractivity contribution is -0.262. The van der Waals surface area contributed by atoms with Crippen LogP contribution < -0.4 is 9.47 Å². The predicted octanol–water partition coefficient (Wildman–Crippen LogP) is 5.58. The fourth-order valence-corrected chi connectivity index (χ4v) is 2.96. The average Bonchev–Trinajstić information content (AvgIpc) is 2.66. The predicted molar refractivity (Wildman–Crippen MR) is 100 cm³/mol. The first-order valence-electron chi connectivity index (χ1n) is 9.17. The van der Waals surface area contributed by atoms with E-state index in [0.717, 1.165) is 17.2 Å². The van der Waals surface area contributed by atoms with E-state index in [2.05, 4.69) is 4.84 Å². The summed E-state index contributed by atoms with van der Waals surface area (Å²) in [6, 6.07) is 9.02. The lowest BCUT2D eigenvalue weighted by Gasteiger charge is -2.37. The van der Waals surface area contributed by atoms with Gasteiger partial charge in [-0.3, -0.25) is 0 Å². The molecule has 0 bridgehead atoms. The summed E-state index contributed by atoms with van der Waals surface area (Å²) < 4.78 is 87.0. The van der Waals surface area contributed by atoms with Crippen LogP contribution in [0.3, 0.4) is 0 Å². The third kappa shape index (κ3) is 5.98. The maximum absolute atomic E-state index is 13.0. The number of carbonyl (C=O) groups is 1. The van der Waals surface area contributed by atoms with Crippen molar-refractivity contribution in [3.63, 3.8) is 0 Å². The zero-order valence-electron chi connectivity index (χ0n) is 16.3. The molecule has 0 amide bonds. The fraction of sp³-hybridized carbons (Fsp3) is 0.350. The molecule has 1 aliphatic heterocycles. The maximum Gasteiger partial charge on any atom is 0.492 e. The van der Waals surface area contributed by atoms with Crippen molar-refractivity contribution in [3.05, 3.63) is 58.6 Å². The van der Waals surface area contributed by atoms with E-state index in [1.807, 2.05) is 0 Å². The summed E-state index contributed by atoms with van der Waals surface area (Å²) in [6.45, 7) is 1.30. The molecular weight excluding hydrogens is 468 g/mol. The first-order valence-corrected chi connectivity index (χ1v) is 9.55. The zero-order valence-corrected chi connectivity index (χ0v) is 17.1. The van der Waals surface area contributed by atoms with Gasteiger partial charge in [0.15, 0.2) is 11.5 Å². The van der Waals surface area contributed by atoms with Crippen LogP contribution in [0.1, 0.15) is 24.2 Å². The third-order valence-corrected chi connectivity index (χ3v) is 4.68. The molecular formula is C20H16ClF6NO4. The highest BCUT2D eigenvalue weighted by atomic mass is 35.5. The second-order valence-corrected chi connectivity index (χ2v) is 7.37. The van der Waals surface area contributed by atoms with Crippen molar-refractivity contribution in [3.8, 4) is 11.5 Å². The molecule has 1 heterocycles. The van der Waals surface area contributed by atoms with Crippen LogP contribution in [0.2, 0.25) is 5.02 Å². The molecule has 1 saturated heterocycles. The normalized spacial score (nSPS) is 16.2. The van der Waals surface area contributed by atoms with Crippen LogP contribution in [-0.4, -0.2) is 36.4 Å². The van der Waals surface area contributed by atoms with Crippen LogP contribution in [0.25, 0.3) is 0 Å². The number of nitrogens with zero attached hydrogens (tertiary/aromatic N) is 1. The Balaban J connectivity index is 1.66. The minimum Gasteiger partial charge on any atom is -0.484 e. The van der Waals surface area contributed by atoms with Crippen LogP contribution in [0.4, 0.5) is 26.3 Å². The highest BCUT2D eigenvalue weighted by Crippen LogP contribution is 2.37. The Morgan fingerprint density at radius 3 is 2.38 bits per heavy atom. The van der Waals surface area contributed by atoms with Gasteiger partial charge in [-0.1, -0.05) is 23.7 Å². The number of hydrogen-bond acceptors (Lipinski definition) is 5. The lowest BCUT2D eigenvalue weighted by atomic mass is 10.1. The summed E-state index contributed by atoms with van der Waals surface area (Å²) in [7, 11) is 0. The maximum atomic E-state index is 13.0. The highest BCUT2D eigenvalue weighted by molar-refractivity contribution is 6.30. The molecule has 0 N–H and O–H groups in total. The molecule has 12 heteroatoms. The van der Waals surface area contributed by atoms with E-state index in [4.69, 9.17) is 21.1 Å². The molecule has 32 heavy (non-hydrogen) atoms. The van der Waals surface area contributed by atoms with Gasteiger partial charge in [0.25, 0.3) is 0 Å². The number of carbonyl (C=O) groups excluding carboxylic acids is 1. The van der Waals surface area contributed by atoms with Crippen molar-refractivity contribution in [2.24, 2.45) is 0 Å². The Labute approximate surface area is 183 Å². The molecule has 2 aromatic rings. The average molecular weight is 484 g/mol. The van der Waals surface area contributed by atoms with Crippen molar-refractivity contribution in [1.82, 2.24) is 5.06 Å². The number of ether oxygens (including phenoxy) is 2. The van der Waals surface area contributed by atoms with E-state index in [9.17, 15) is 31.1 Å². The molecule has 1 aliphatic rings.